The molecule has 1 amide bonds. The molecule has 1 N–H and O–H groups in total. The van der Waals surface area contributed by atoms with E-state index in [4.69, 9.17) is 0 Å². The second-order valence-corrected chi connectivity index (χ2v) is 4.94. The fraction of sp³-hybridized carbons (Fsp3) is 0.545. The summed E-state index contributed by atoms with van der Waals surface area (Å²) in [5.74, 6) is 0.465. The van der Waals surface area contributed by atoms with E-state index in [1.807, 2.05) is 17.5 Å². The first-order valence-electron chi connectivity index (χ1n) is 5.19. The van der Waals surface area contributed by atoms with Gasteiger partial charge in [-0.05, 0) is 23.8 Å². The lowest BCUT2D eigenvalue weighted by Gasteiger charge is -2.24. The van der Waals surface area contributed by atoms with Gasteiger partial charge in [0.2, 0.25) is 0 Å². The summed E-state index contributed by atoms with van der Waals surface area (Å²) >= 11 is 1.46. The summed E-state index contributed by atoms with van der Waals surface area (Å²) in [6, 6.07) is 3.72. The second kappa shape index (κ2) is 4.33. The van der Waals surface area contributed by atoms with Crippen LogP contribution in [0, 0.1) is 5.92 Å². The molecule has 1 aliphatic rings. The number of hydrogen-bond donors (Lipinski definition) is 1. The van der Waals surface area contributed by atoms with Crippen molar-refractivity contribution in [3.8, 4) is 0 Å². The number of aliphatic hydroxyl groups is 1. The number of amides is 1. The first-order valence-corrected chi connectivity index (χ1v) is 6.07. The molecule has 1 fully saturated rings. The van der Waals surface area contributed by atoms with E-state index in [1.165, 1.54) is 11.3 Å². The maximum Gasteiger partial charge on any atom is 0.264 e. The lowest BCUT2D eigenvalue weighted by Crippen LogP contribution is -2.39. The average molecular weight is 225 g/mol. The average Bonchev–Trinajstić information content (AvgIpc) is 2.85. The highest BCUT2D eigenvalue weighted by atomic mass is 32.1. The summed E-state index contributed by atoms with van der Waals surface area (Å²) in [6.07, 6.45) is 0.988. The van der Waals surface area contributed by atoms with Gasteiger partial charge in [-0.25, -0.2) is 0 Å². The number of carbonyl (C=O) groups is 1. The molecule has 4 heteroatoms. The van der Waals surface area contributed by atoms with E-state index in [1.54, 1.807) is 4.90 Å². The van der Waals surface area contributed by atoms with Gasteiger partial charge < -0.3 is 10.0 Å². The van der Waals surface area contributed by atoms with E-state index in [0.29, 0.717) is 5.92 Å². The first-order chi connectivity index (χ1) is 7.24. The van der Waals surface area contributed by atoms with Crippen molar-refractivity contribution in [1.29, 1.82) is 0 Å². The van der Waals surface area contributed by atoms with E-state index in [2.05, 4.69) is 6.92 Å². The van der Waals surface area contributed by atoms with Gasteiger partial charge in [-0.15, -0.1) is 11.3 Å². The number of likely N-dealkylation sites (tertiary alicyclic amines) is 1. The second-order valence-electron chi connectivity index (χ2n) is 3.99. The largest absolute Gasteiger partial charge is 0.394 e. The monoisotopic (exact) mass is 225 g/mol. The molecule has 1 saturated heterocycles. The molecule has 2 unspecified atom stereocenters. The summed E-state index contributed by atoms with van der Waals surface area (Å²) in [7, 11) is 0. The molecular formula is C11H15NO2S. The van der Waals surface area contributed by atoms with Crippen LogP contribution in [0.25, 0.3) is 0 Å². The zero-order valence-corrected chi connectivity index (χ0v) is 9.54. The molecule has 0 saturated carbocycles. The van der Waals surface area contributed by atoms with Crippen molar-refractivity contribution in [1.82, 2.24) is 4.90 Å². The Bertz CT molecular complexity index is 336. The zero-order chi connectivity index (χ0) is 10.8. The van der Waals surface area contributed by atoms with Gasteiger partial charge in [-0.3, -0.25) is 4.79 Å². The maximum absolute atomic E-state index is 12.0. The van der Waals surface area contributed by atoms with Gasteiger partial charge in [0, 0.05) is 6.54 Å². The predicted octanol–water partition coefficient (Wildman–Crippen LogP) is 1.59. The van der Waals surface area contributed by atoms with E-state index in [0.717, 1.165) is 17.8 Å². The molecule has 1 aromatic rings. The SMILES string of the molecule is CC1CCN(C(=O)c2cccs2)C1CO. The van der Waals surface area contributed by atoms with Crippen LogP contribution in [0.3, 0.4) is 0 Å². The molecule has 2 rings (SSSR count). The van der Waals surface area contributed by atoms with Crippen LogP contribution in [0.5, 0.6) is 0 Å². The lowest BCUT2D eigenvalue weighted by atomic mass is 10.0. The van der Waals surface area contributed by atoms with Crippen LogP contribution in [0.15, 0.2) is 17.5 Å². The topological polar surface area (TPSA) is 40.5 Å². The van der Waals surface area contributed by atoms with Gasteiger partial charge >= 0.3 is 0 Å². The van der Waals surface area contributed by atoms with Crippen LogP contribution >= 0.6 is 11.3 Å². The Kier molecular flexibility index (Phi) is 3.07. The van der Waals surface area contributed by atoms with Crippen LogP contribution in [0.2, 0.25) is 0 Å². The Morgan fingerprint density at radius 1 is 1.73 bits per heavy atom. The van der Waals surface area contributed by atoms with Crippen molar-refractivity contribution in [3.05, 3.63) is 22.4 Å². The number of rotatable bonds is 2. The molecule has 1 aliphatic heterocycles. The van der Waals surface area contributed by atoms with Crippen molar-refractivity contribution < 1.29 is 9.90 Å². The van der Waals surface area contributed by atoms with Gasteiger partial charge in [0.1, 0.15) is 0 Å². The minimum atomic E-state index is -0.000370. The minimum absolute atomic E-state index is 0.000370. The molecule has 0 spiro atoms. The van der Waals surface area contributed by atoms with Crippen molar-refractivity contribution in [2.24, 2.45) is 5.92 Å². The third-order valence-corrected chi connectivity index (χ3v) is 3.92. The Morgan fingerprint density at radius 3 is 3.13 bits per heavy atom. The van der Waals surface area contributed by atoms with E-state index in [9.17, 15) is 9.90 Å². The van der Waals surface area contributed by atoms with Gasteiger partial charge in [0.15, 0.2) is 0 Å². The van der Waals surface area contributed by atoms with Crippen LogP contribution in [-0.4, -0.2) is 35.1 Å². The molecule has 15 heavy (non-hydrogen) atoms. The smallest absolute Gasteiger partial charge is 0.264 e. The molecule has 0 aromatic carbocycles. The summed E-state index contributed by atoms with van der Waals surface area (Å²) in [5, 5.41) is 11.2. The van der Waals surface area contributed by atoms with Crippen LogP contribution in [0.4, 0.5) is 0 Å². The zero-order valence-electron chi connectivity index (χ0n) is 8.72. The lowest BCUT2D eigenvalue weighted by molar-refractivity contribution is 0.0653. The third-order valence-electron chi connectivity index (χ3n) is 3.06. The highest BCUT2D eigenvalue weighted by Gasteiger charge is 2.34. The van der Waals surface area contributed by atoms with Crippen LogP contribution in [-0.2, 0) is 0 Å². The quantitative estimate of drug-likeness (QED) is 0.830. The number of nitrogens with zero attached hydrogens (tertiary/aromatic N) is 1. The van der Waals surface area contributed by atoms with E-state index in [-0.39, 0.29) is 18.6 Å². The minimum Gasteiger partial charge on any atom is -0.394 e. The number of carbonyl (C=O) groups excluding carboxylic acids is 1. The van der Waals surface area contributed by atoms with Gasteiger partial charge in [0.05, 0.1) is 17.5 Å². The summed E-state index contributed by atoms with van der Waals surface area (Å²) in [5.41, 5.74) is 0. The predicted molar refractivity (Wildman–Crippen MR) is 60.0 cm³/mol. The normalized spacial score (nSPS) is 25.9. The first kappa shape index (κ1) is 10.6. The number of thiophene rings is 1. The Morgan fingerprint density at radius 2 is 2.53 bits per heavy atom. The Balaban J connectivity index is 2.14. The summed E-state index contributed by atoms with van der Waals surface area (Å²) in [6.45, 7) is 2.92. The fourth-order valence-corrected chi connectivity index (χ4v) is 2.76. The molecule has 1 aromatic heterocycles. The van der Waals surface area contributed by atoms with Crippen molar-refractivity contribution in [3.63, 3.8) is 0 Å². The van der Waals surface area contributed by atoms with Crippen molar-refractivity contribution in [2.45, 2.75) is 19.4 Å². The standard InChI is InChI=1S/C11H15NO2S/c1-8-4-5-12(9(8)7-13)11(14)10-3-2-6-15-10/h2-3,6,8-9,13H,4-5,7H2,1H3. The van der Waals surface area contributed by atoms with E-state index >= 15 is 0 Å². The maximum atomic E-state index is 12.0. The third kappa shape index (κ3) is 1.92. The van der Waals surface area contributed by atoms with Gasteiger partial charge in [-0.2, -0.15) is 0 Å². The van der Waals surface area contributed by atoms with Crippen LogP contribution in [0.1, 0.15) is 23.0 Å². The molecule has 2 atom stereocenters. The molecule has 2 heterocycles. The molecule has 82 valence electrons. The van der Waals surface area contributed by atoms with Crippen molar-refractivity contribution >= 4 is 17.2 Å². The van der Waals surface area contributed by atoms with Gasteiger partial charge in [0.25, 0.3) is 5.91 Å². The fourth-order valence-electron chi connectivity index (χ4n) is 2.08. The van der Waals surface area contributed by atoms with Crippen molar-refractivity contribution in [2.75, 3.05) is 13.2 Å². The molecule has 0 radical (unpaired) electrons. The van der Waals surface area contributed by atoms with E-state index < -0.39 is 0 Å². The van der Waals surface area contributed by atoms with Gasteiger partial charge in [-0.1, -0.05) is 13.0 Å². The number of hydrogen-bond acceptors (Lipinski definition) is 3. The Hall–Kier alpha value is -0.870. The highest BCUT2D eigenvalue weighted by Crippen LogP contribution is 2.26. The number of aliphatic hydroxyl groups excluding tert-OH is 1. The highest BCUT2D eigenvalue weighted by molar-refractivity contribution is 7.12. The summed E-state index contributed by atoms with van der Waals surface area (Å²) in [4.78, 5) is 14.6. The molecule has 0 bridgehead atoms. The Labute approximate surface area is 93.3 Å². The molecule has 3 nitrogen and oxygen atoms in total. The molecule has 0 aliphatic carbocycles. The molecular weight excluding hydrogens is 210 g/mol. The summed E-state index contributed by atoms with van der Waals surface area (Å²) < 4.78 is 0. The van der Waals surface area contributed by atoms with Crippen LogP contribution < -0.4 is 0 Å².